The van der Waals surface area contributed by atoms with Crippen LogP contribution < -0.4 is 5.56 Å². The third-order valence-corrected chi connectivity index (χ3v) is 1.54. The summed E-state index contributed by atoms with van der Waals surface area (Å²) >= 11 is 0. The van der Waals surface area contributed by atoms with Crippen LogP contribution in [-0.4, -0.2) is 35.3 Å². The molecule has 0 spiro atoms. The molecule has 4 heteroatoms. The zero-order valence-electron chi connectivity index (χ0n) is 7.40. The van der Waals surface area contributed by atoms with Gasteiger partial charge in [-0.25, -0.2) is 4.68 Å². The molecule has 4 nitrogen and oxygen atoms in total. The van der Waals surface area contributed by atoms with E-state index >= 15 is 0 Å². The summed E-state index contributed by atoms with van der Waals surface area (Å²) < 4.78 is 1.46. The second-order valence-electron chi connectivity index (χ2n) is 2.89. The number of rotatable bonds is 3. The molecule has 0 amide bonds. The second-order valence-corrected chi connectivity index (χ2v) is 2.89. The minimum Gasteiger partial charge on any atom is -0.308 e. The van der Waals surface area contributed by atoms with Gasteiger partial charge < -0.3 is 4.90 Å². The molecule has 0 atom stereocenters. The van der Waals surface area contributed by atoms with E-state index in [-0.39, 0.29) is 5.56 Å². The molecular weight excluding hydrogens is 154 g/mol. The van der Waals surface area contributed by atoms with Gasteiger partial charge in [0.25, 0.3) is 5.56 Å². The van der Waals surface area contributed by atoms with E-state index in [9.17, 15) is 4.79 Å². The molecule has 0 aliphatic rings. The maximum absolute atomic E-state index is 11.1. The van der Waals surface area contributed by atoms with Crippen LogP contribution in [0, 0.1) is 0 Å². The monoisotopic (exact) mass is 167 g/mol. The maximum Gasteiger partial charge on any atom is 0.266 e. The fraction of sp³-hybridized carbons (Fsp3) is 0.500. The molecule has 0 aromatic carbocycles. The summed E-state index contributed by atoms with van der Waals surface area (Å²) in [7, 11) is 3.93. The highest BCUT2D eigenvalue weighted by Gasteiger charge is 1.95. The van der Waals surface area contributed by atoms with E-state index in [1.807, 2.05) is 19.0 Å². The van der Waals surface area contributed by atoms with Crippen molar-refractivity contribution in [1.82, 2.24) is 14.7 Å². The number of aromatic nitrogens is 2. The average molecular weight is 167 g/mol. The van der Waals surface area contributed by atoms with Gasteiger partial charge in [-0.05, 0) is 20.2 Å². The van der Waals surface area contributed by atoms with Gasteiger partial charge in [0.15, 0.2) is 0 Å². The second kappa shape index (κ2) is 4.01. The Labute approximate surface area is 71.4 Å². The van der Waals surface area contributed by atoms with Crippen molar-refractivity contribution >= 4 is 0 Å². The Morgan fingerprint density at radius 2 is 2.33 bits per heavy atom. The first-order chi connectivity index (χ1) is 5.70. The predicted octanol–water partition coefficient (Wildman–Crippen LogP) is -0.195. The normalized spacial score (nSPS) is 10.6. The van der Waals surface area contributed by atoms with Crippen molar-refractivity contribution in [2.24, 2.45) is 0 Å². The zero-order valence-corrected chi connectivity index (χ0v) is 7.40. The molecule has 0 fully saturated rings. The lowest BCUT2D eigenvalue weighted by molar-refractivity contribution is 0.367. The van der Waals surface area contributed by atoms with Crippen LogP contribution in [0.4, 0.5) is 0 Å². The summed E-state index contributed by atoms with van der Waals surface area (Å²) in [6, 6.07) is 3.16. The van der Waals surface area contributed by atoms with Crippen molar-refractivity contribution in [1.29, 1.82) is 0 Å². The molecule has 0 aliphatic carbocycles. The molecule has 0 saturated carbocycles. The smallest absolute Gasteiger partial charge is 0.266 e. The lowest BCUT2D eigenvalue weighted by atomic mass is 10.5. The Morgan fingerprint density at radius 1 is 1.58 bits per heavy atom. The fourth-order valence-corrected chi connectivity index (χ4v) is 0.850. The minimum atomic E-state index is -0.0423. The summed E-state index contributed by atoms with van der Waals surface area (Å²) in [5.41, 5.74) is -0.0423. The van der Waals surface area contributed by atoms with Gasteiger partial charge in [0.05, 0.1) is 6.54 Å². The average Bonchev–Trinajstić information content (AvgIpc) is 2.03. The highest BCUT2D eigenvalue weighted by molar-refractivity contribution is 4.84. The van der Waals surface area contributed by atoms with E-state index in [0.717, 1.165) is 6.54 Å². The molecule has 66 valence electrons. The van der Waals surface area contributed by atoms with Crippen molar-refractivity contribution in [3.05, 3.63) is 28.7 Å². The molecular formula is C8H13N3O. The highest BCUT2D eigenvalue weighted by Crippen LogP contribution is 1.79. The third kappa shape index (κ3) is 2.47. The van der Waals surface area contributed by atoms with Crippen LogP contribution in [0.1, 0.15) is 0 Å². The fourth-order valence-electron chi connectivity index (χ4n) is 0.850. The summed E-state index contributed by atoms with van der Waals surface area (Å²) in [5.74, 6) is 0. The molecule has 1 aromatic heterocycles. The Kier molecular flexibility index (Phi) is 2.99. The number of likely N-dealkylation sites (N-methyl/N-ethyl adjacent to an activating group) is 1. The lowest BCUT2D eigenvalue weighted by Crippen LogP contribution is -2.27. The van der Waals surface area contributed by atoms with Crippen molar-refractivity contribution in [2.45, 2.75) is 6.54 Å². The van der Waals surface area contributed by atoms with Gasteiger partial charge in [0, 0.05) is 18.8 Å². The van der Waals surface area contributed by atoms with Crippen molar-refractivity contribution in [3.8, 4) is 0 Å². The first-order valence-corrected chi connectivity index (χ1v) is 3.87. The Hall–Kier alpha value is -1.16. The molecule has 0 radical (unpaired) electrons. The van der Waals surface area contributed by atoms with Crippen molar-refractivity contribution < 1.29 is 0 Å². The number of hydrogen-bond acceptors (Lipinski definition) is 3. The highest BCUT2D eigenvalue weighted by atomic mass is 16.1. The van der Waals surface area contributed by atoms with E-state index in [1.54, 1.807) is 12.3 Å². The van der Waals surface area contributed by atoms with E-state index in [2.05, 4.69) is 5.10 Å². The molecule has 0 N–H and O–H groups in total. The molecule has 1 rings (SSSR count). The summed E-state index contributed by atoms with van der Waals surface area (Å²) in [6.07, 6.45) is 1.62. The van der Waals surface area contributed by atoms with Gasteiger partial charge >= 0.3 is 0 Å². The third-order valence-electron chi connectivity index (χ3n) is 1.54. The first kappa shape index (κ1) is 8.93. The van der Waals surface area contributed by atoms with Crippen LogP contribution in [0.3, 0.4) is 0 Å². The van der Waals surface area contributed by atoms with Crippen LogP contribution >= 0.6 is 0 Å². The maximum atomic E-state index is 11.1. The quantitative estimate of drug-likeness (QED) is 0.626. The molecule has 0 bridgehead atoms. The lowest BCUT2D eigenvalue weighted by Gasteiger charge is -2.09. The number of hydrogen-bond donors (Lipinski definition) is 0. The minimum absolute atomic E-state index is 0.0423. The number of nitrogens with zero attached hydrogens (tertiary/aromatic N) is 3. The Morgan fingerprint density at radius 3 is 2.92 bits per heavy atom. The van der Waals surface area contributed by atoms with Crippen molar-refractivity contribution in [3.63, 3.8) is 0 Å². The van der Waals surface area contributed by atoms with Crippen LogP contribution in [0.15, 0.2) is 23.1 Å². The largest absolute Gasteiger partial charge is 0.308 e. The SMILES string of the molecule is CN(C)CCn1ncccc1=O. The van der Waals surface area contributed by atoms with E-state index in [0.29, 0.717) is 6.54 Å². The molecule has 0 aliphatic heterocycles. The first-order valence-electron chi connectivity index (χ1n) is 3.87. The van der Waals surface area contributed by atoms with Gasteiger partial charge in [0.1, 0.15) is 0 Å². The summed E-state index contributed by atoms with van der Waals surface area (Å²) in [6.45, 7) is 1.48. The van der Waals surface area contributed by atoms with E-state index < -0.39 is 0 Å². The van der Waals surface area contributed by atoms with Crippen LogP contribution in [0.25, 0.3) is 0 Å². The van der Waals surface area contributed by atoms with Crippen LogP contribution in [0.2, 0.25) is 0 Å². The Balaban J connectivity index is 2.64. The molecule has 1 aromatic rings. The topological polar surface area (TPSA) is 38.1 Å². The summed E-state index contributed by atoms with van der Waals surface area (Å²) in [4.78, 5) is 13.1. The van der Waals surface area contributed by atoms with Gasteiger partial charge in [-0.2, -0.15) is 5.10 Å². The van der Waals surface area contributed by atoms with Gasteiger partial charge in [0.2, 0.25) is 0 Å². The standard InChI is InChI=1S/C8H13N3O/c1-10(2)6-7-11-8(12)4-3-5-9-11/h3-5H,6-7H2,1-2H3. The Bertz CT molecular complexity index is 292. The van der Waals surface area contributed by atoms with Gasteiger partial charge in [-0.15, -0.1) is 0 Å². The van der Waals surface area contributed by atoms with Gasteiger partial charge in [-0.3, -0.25) is 4.79 Å². The summed E-state index contributed by atoms with van der Waals surface area (Å²) in [5, 5.41) is 3.93. The molecule has 1 heterocycles. The van der Waals surface area contributed by atoms with Gasteiger partial charge in [-0.1, -0.05) is 0 Å². The predicted molar refractivity (Wildman–Crippen MR) is 47.1 cm³/mol. The van der Waals surface area contributed by atoms with E-state index in [4.69, 9.17) is 0 Å². The zero-order chi connectivity index (χ0) is 8.97. The molecule has 0 saturated heterocycles. The van der Waals surface area contributed by atoms with Crippen molar-refractivity contribution in [2.75, 3.05) is 20.6 Å². The molecule has 12 heavy (non-hydrogen) atoms. The van der Waals surface area contributed by atoms with Crippen LogP contribution in [0.5, 0.6) is 0 Å². The van der Waals surface area contributed by atoms with Crippen LogP contribution in [-0.2, 0) is 6.54 Å². The van der Waals surface area contributed by atoms with E-state index in [1.165, 1.54) is 10.7 Å². The molecule has 0 unspecified atom stereocenters.